The van der Waals surface area contributed by atoms with E-state index in [1.807, 2.05) is 6.07 Å². The van der Waals surface area contributed by atoms with Crippen LogP contribution in [0.1, 0.15) is 42.0 Å². The lowest BCUT2D eigenvalue weighted by Gasteiger charge is -2.09. The second-order valence-corrected chi connectivity index (χ2v) is 6.55. The molecule has 6 heteroatoms. The van der Waals surface area contributed by atoms with E-state index in [9.17, 15) is 9.90 Å². The van der Waals surface area contributed by atoms with Gasteiger partial charge < -0.3 is 5.11 Å². The maximum Gasteiger partial charge on any atom is 0.264 e. The van der Waals surface area contributed by atoms with Crippen molar-refractivity contribution in [1.82, 2.24) is 9.55 Å². The van der Waals surface area contributed by atoms with Gasteiger partial charge in [-0.15, -0.1) is 0 Å². The van der Waals surface area contributed by atoms with Crippen LogP contribution in [0.15, 0.2) is 28.0 Å². The second-order valence-electron chi connectivity index (χ2n) is 6.16. The molecule has 0 saturated heterocycles. The van der Waals surface area contributed by atoms with Gasteiger partial charge in [-0.2, -0.15) is 0 Å². The maximum atomic E-state index is 12.1. The molecule has 0 atom stereocenters. The Bertz CT molecular complexity index is 922. The number of aryl methyl sites for hydroxylation is 2. The zero-order valence-electron chi connectivity index (χ0n) is 12.6. The molecule has 0 radical (unpaired) electrons. The number of aliphatic imine (C=N–C) groups is 1. The third kappa shape index (κ3) is 2.63. The first-order valence-corrected chi connectivity index (χ1v) is 8.28. The quantitative estimate of drug-likeness (QED) is 0.672. The van der Waals surface area contributed by atoms with E-state index in [4.69, 9.17) is 12.2 Å². The fourth-order valence-corrected chi connectivity index (χ4v) is 3.45. The van der Waals surface area contributed by atoms with Crippen molar-refractivity contribution in [1.29, 1.82) is 0 Å². The van der Waals surface area contributed by atoms with Crippen LogP contribution in [0.5, 0.6) is 5.88 Å². The Kier molecular flexibility index (Phi) is 3.41. The van der Waals surface area contributed by atoms with Crippen LogP contribution in [0.4, 0.5) is 5.69 Å². The molecule has 0 unspecified atom stereocenters. The van der Waals surface area contributed by atoms with Gasteiger partial charge in [0.05, 0.1) is 5.69 Å². The normalized spacial score (nSPS) is 16.9. The highest BCUT2D eigenvalue weighted by Crippen LogP contribution is 2.38. The predicted octanol–water partition coefficient (Wildman–Crippen LogP) is 3.19. The third-order valence-electron chi connectivity index (χ3n) is 4.49. The molecule has 1 saturated carbocycles. The van der Waals surface area contributed by atoms with Gasteiger partial charge in [0.1, 0.15) is 5.56 Å². The summed E-state index contributed by atoms with van der Waals surface area (Å²) in [5.41, 5.74) is 3.25. The Morgan fingerprint density at radius 3 is 2.87 bits per heavy atom. The molecule has 2 aliphatic rings. The summed E-state index contributed by atoms with van der Waals surface area (Å²) in [5, 5.41) is 10.4. The molecule has 4 rings (SSSR count). The largest absolute Gasteiger partial charge is 0.494 e. The van der Waals surface area contributed by atoms with E-state index in [0.717, 1.165) is 31.4 Å². The van der Waals surface area contributed by atoms with Crippen LogP contribution < -0.4 is 5.56 Å². The minimum Gasteiger partial charge on any atom is -0.494 e. The van der Waals surface area contributed by atoms with Crippen molar-refractivity contribution in [3.63, 3.8) is 0 Å². The average Bonchev–Trinajstić information content (AvgIpc) is 3.23. The van der Waals surface area contributed by atoms with E-state index >= 15 is 0 Å². The second kappa shape index (κ2) is 5.45. The highest BCUT2D eigenvalue weighted by atomic mass is 32.1. The summed E-state index contributed by atoms with van der Waals surface area (Å²) in [5.74, 6) is -0.0915. The first kappa shape index (κ1) is 14.4. The zero-order chi connectivity index (χ0) is 16.0. The van der Waals surface area contributed by atoms with Gasteiger partial charge in [-0.25, -0.2) is 0 Å². The monoisotopic (exact) mass is 327 g/mol. The zero-order valence-corrected chi connectivity index (χ0v) is 13.4. The summed E-state index contributed by atoms with van der Waals surface area (Å²) < 4.78 is 1.88. The van der Waals surface area contributed by atoms with Crippen LogP contribution in [0.3, 0.4) is 0 Å². The van der Waals surface area contributed by atoms with Crippen LogP contribution in [0.25, 0.3) is 0 Å². The molecule has 2 aliphatic carbocycles. The lowest BCUT2D eigenvalue weighted by Crippen LogP contribution is -2.18. The lowest BCUT2D eigenvalue weighted by atomic mass is 10.1. The molecule has 0 aliphatic heterocycles. The minimum absolute atomic E-state index is 0.0915. The van der Waals surface area contributed by atoms with Gasteiger partial charge in [-0.1, -0.05) is 6.07 Å². The number of nitrogens with one attached hydrogen (secondary N) is 1. The SMILES string of the molecule is O=c1[nH]c(=S)n(C2CC2)c(O)c1C=Nc1ccc2c(c1)CCC2. The van der Waals surface area contributed by atoms with Crippen LogP contribution in [0.2, 0.25) is 0 Å². The summed E-state index contributed by atoms with van der Waals surface area (Å²) in [7, 11) is 0. The molecule has 5 nitrogen and oxygen atoms in total. The number of nitrogens with zero attached hydrogens (tertiary/aromatic N) is 2. The van der Waals surface area contributed by atoms with Gasteiger partial charge >= 0.3 is 0 Å². The average molecular weight is 327 g/mol. The number of rotatable bonds is 3. The molecule has 1 heterocycles. The molecule has 0 spiro atoms. The van der Waals surface area contributed by atoms with E-state index in [-0.39, 0.29) is 22.3 Å². The van der Waals surface area contributed by atoms with Gasteiger partial charge in [0.25, 0.3) is 5.56 Å². The third-order valence-corrected chi connectivity index (χ3v) is 4.79. The minimum atomic E-state index is -0.408. The Morgan fingerprint density at radius 1 is 1.30 bits per heavy atom. The summed E-state index contributed by atoms with van der Waals surface area (Å²) in [6.45, 7) is 0. The van der Waals surface area contributed by atoms with Crippen LogP contribution >= 0.6 is 12.2 Å². The lowest BCUT2D eigenvalue weighted by molar-refractivity contribution is 0.405. The van der Waals surface area contributed by atoms with E-state index in [0.29, 0.717) is 0 Å². The van der Waals surface area contributed by atoms with Crippen molar-refractivity contribution in [2.45, 2.75) is 38.1 Å². The van der Waals surface area contributed by atoms with Crippen molar-refractivity contribution >= 4 is 24.1 Å². The van der Waals surface area contributed by atoms with E-state index in [1.165, 1.54) is 23.8 Å². The molecule has 0 amide bonds. The van der Waals surface area contributed by atoms with Crippen molar-refractivity contribution in [2.24, 2.45) is 4.99 Å². The molecule has 1 aromatic carbocycles. The van der Waals surface area contributed by atoms with Gasteiger partial charge in [0.15, 0.2) is 4.77 Å². The van der Waals surface area contributed by atoms with Gasteiger partial charge in [0.2, 0.25) is 5.88 Å². The molecule has 2 N–H and O–H groups in total. The van der Waals surface area contributed by atoms with E-state index in [2.05, 4.69) is 22.1 Å². The fourth-order valence-electron chi connectivity index (χ4n) is 3.12. The van der Waals surface area contributed by atoms with Crippen LogP contribution in [-0.4, -0.2) is 20.9 Å². The Labute approximate surface area is 138 Å². The molecule has 1 fully saturated rings. The first-order valence-electron chi connectivity index (χ1n) is 7.87. The number of aromatic hydroxyl groups is 1. The van der Waals surface area contributed by atoms with Crippen molar-refractivity contribution in [2.75, 3.05) is 0 Å². The number of aromatic nitrogens is 2. The molecule has 23 heavy (non-hydrogen) atoms. The molecule has 2 aromatic rings. The number of aromatic amines is 1. The highest BCUT2D eigenvalue weighted by molar-refractivity contribution is 7.71. The Balaban J connectivity index is 1.72. The maximum absolute atomic E-state index is 12.1. The van der Waals surface area contributed by atoms with Gasteiger partial charge in [-0.05, 0) is 67.6 Å². The van der Waals surface area contributed by atoms with E-state index in [1.54, 1.807) is 4.57 Å². The molecule has 1 aromatic heterocycles. The van der Waals surface area contributed by atoms with E-state index < -0.39 is 5.56 Å². The Hall–Kier alpha value is -2.21. The number of fused-ring (bicyclic) bond motifs is 1. The molecular weight excluding hydrogens is 310 g/mol. The smallest absolute Gasteiger partial charge is 0.264 e. The number of H-pyrrole nitrogens is 1. The summed E-state index contributed by atoms with van der Waals surface area (Å²) in [4.78, 5) is 19.1. The predicted molar refractivity (Wildman–Crippen MR) is 91.5 cm³/mol. The first-order chi connectivity index (χ1) is 11.1. The Morgan fingerprint density at radius 2 is 2.09 bits per heavy atom. The van der Waals surface area contributed by atoms with Crippen molar-refractivity contribution in [3.05, 3.63) is 50.0 Å². The summed E-state index contributed by atoms with van der Waals surface area (Å²) >= 11 is 5.14. The number of hydrogen-bond donors (Lipinski definition) is 2. The number of hydrogen-bond acceptors (Lipinski definition) is 4. The van der Waals surface area contributed by atoms with Crippen molar-refractivity contribution < 1.29 is 5.11 Å². The number of benzene rings is 1. The summed E-state index contributed by atoms with van der Waals surface area (Å²) in [6.07, 6.45) is 6.76. The molecular formula is C17H17N3O2S. The van der Waals surface area contributed by atoms with Crippen LogP contribution in [0, 0.1) is 4.77 Å². The topological polar surface area (TPSA) is 70.4 Å². The van der Waals surface area contributed by atoms with Gasteiger partial charge in [0, 0.05) is 12.3 Å². The van der Waals surface area contributed by atoms with Crippen molar-refractivity contribution in [3.8, 4) is 5.88 Å². The standard InChI is InChI=1S/C17H17N3O2S/c21-15-14(16(22)20(13-6-7-13)17(23)19-15)9-18-12-5-4-10-2-1-3-11(10)8-12/h4-5,8-9,13,22H,1-3,6-7H2,(H,19,21,23). The van der Waals surface area contributed by atoms with Crippen LogP contribution in [-0.2, 0) is 12.8 Å². The highest BCUT2D eigenvalue weighted by Gasteiger charge is 2.27. The fraction of sp³-hybridized carbons (Fsp3) is 0.353. The van der Waals surface area contributed by atoms with Gasteiger partial charge in [-0.3, -0.25) is 19.3 Å². The summed E-state index contributed by atoms with van der Waals surface area (Å²) in [6, 6.07) is 6.28. The molecule has 0 bridgehead atoms. The molecule has 118 valence electrons.